The standard InChI is InChI=1S/C37H49N3O2/c1-4-7-8-9-10-11-12-13-14-18-21-34-36(29-22-24-30(25-23-29)39(5-2)6-3)40(31-19-16-15-17-20-31)37(38-34)33-27-26-32(41)28-35(33)42/h15-17,19-20,22-28,41-42H,4-14,18,21H2,1-3H3. The van der Waals surface area contributed by atoms with Crippen molar-refractivity contribution in [2.24, 2.45) is 0 Å². The van der Waals surface area contributed by atoms with Crippen LogP contribution in [0.1, 0.15) is 90.7 Å². The molecule has 3 aromatic carbocycles. The number of aromatic hydroxyl groups is 2. The summed E-state index contributed by atoms with van der Waals surface area (Å²) in [6.07, 6.45) is 13.8. The number of anilines is 1. The Hall–Kier alpha value is -3.73. The van der Waals surface area contributed by atoms with Gasteiger partial charge in [-0.2, -0.15) is 0 Å². The molecule has 0 atom stereocenters. The fraction of sp³-hybridized carbons (Fsp3) is 0.432. The summed E-state index contributed by atoms with van der Waals surface area (Å²) < 4.78 is 2.17. The second-order valence-electron chi connectivity index (χ2n) is 11.3. The number of nitrogens with zero attached hydrogens (tertiary/aromatic N) is 3. The predicted octanol–water partition coefficient (Wildman–Crippen LogP) is 9.93. The third-order valence-electron chi connectivity index (χ3n) is 8.22. The lowest BCUT2D eigenvalue weighted by molar-refractivity contribution is 0.451. The van der Waals surface area contributed by atoms with Gasteiger partial charge in [-0.15, -0.1) is 0 Å². The lowest BCUT2D eigenvalue weighted by Gasteiger charge is -2.21. The SMILES string of the molecule is CCCCCCCCCCCCc1nc(-c2ccc(O)cc2O)n(-c2ccccc2)c1-c1ccc(N(CC)CC)cc1. The van der Waals surface area contributed by atoms with E-state index in [1.807, 2.05) is 18.2 Å². The molecule has 0 spiro atoms. The second kappa shape index (κ2) is 16.1. The van der Waals surface area contributed by atoms with Crippen LogP contribution in [0, 0.1) is 0 Å². The molecule has 0 saturated heterocycles. The number of phenols is 2. The van der Waals surface area contributed by atoms with Crippen LogP contribution in [0.3, 0.4) is 0 Å². The molecule has 5 heteroatoms. The van der Waals surface area contributed by atoms with Crippen LogP contribution in [-0.4, -0.2) is 32.9 Å². The molecule has 0 radical (unpaired) electrons. The zero-order valence-corrected chi connectivity index (χ0v) is 25.9. The van der Waals surface area contributed by atoms with Gasteiger partial charge >= 0.3 is 0 Å². The van der Waals surface area contributed by atoms with Crippen molar-refractivity contribution in [3.63, 3.8) is 0 Å². The van der Waals surface area contributed by atoms with Crippen LogP contribution in [0.15, 0.2) is 72.8 Å². The van der Waals surface area contributed by atoms with Gasteiger partial charge in [0.2, 0.25) is 0 Å². The van der Waals surface area contributed by atoms with E-state index in [2.05, 4.69) is 66.6 Å². The average molecular weight is 568 g/mol. The van der Waals surface area contributed by atoms with Crippen LogP contribution >= 0.6 is 0 Å². The van der Waals surface area contributed by atoms with Gasteiger partial charge < -0.3 is 15.1 Å². The summed E-state index contributed by atoms with van der Waals surface area (Å²) in [5.41, 5.74) is 6.01. The Morgan fingerprint density at radius 1 is 0.690 bits per heavy atom. The van der Waals surface area contributed by atoms with E-state index < -0.39 is 0 Å². The van der Waals surface area contributed by atoms with Gasteiger partial charge in [-0.05, 0) is 63.1 Å². The van der Waals surface area contributed by atoms with Gasteiger partial charge in [0.25, 0.3) is 0 Å². The van der Waals surface area contributed by atoms with Gasteiger partial charge in [-0.1, -0.05) is 95.0 Å². The lowest BCUT2D eigenvalue weighted by Crippen LogP contribution is -2.21. The van der Waals surface area contributed by atoms with E-state index in [1.54, 1.807) is 12.1 Å². The van der Waals surface area contributed by atoms with Crippen molar-refractivity contribution in [3.8, 4) is 39.8 Å². The van der Waals surface area contributed by atoms with Crippen molar-refractivity contribution in [2.45, 2.75) is 91.4 Å². The van der Waals surface area contributed by atoms with Gasteiger partial charge in [-0.25, -0.2) is 4.98 Å². The Morgan fingerprint density at radius 2 is 1.31 bits per heavy atom. The van der Waals surface area contributed by atoms with Crippen molar-refractivity contribution in [2.75, 3.05) is 18.0 Å². The first-order valence-electron chi connectivity index (χ1n) is 16.1. The molecule has 0 unspecified atom stereocenters. The van der Waals surface area contributed by atoms with Crippen molar-refractivity contribution >= 4 is 5.69 Å². The highest BCUT2D eigenvalue weighted by Gasteiger charge is 2.23. The largest absolute Gasteiger partial charge is 0.508 e. The minimum atomic E-state index is 0.0195. The average Bonchev–Trinajstić information content (AvgIpc) is 3.38. The van der Waals surface area contributed by atoms with Gasteiger partial charge in [0, 0.05) is 36.1 Å². The molecule has 0 amide bonds. The number of benzene rings is 3. The molecule has 0 aliphatic heterocycles. The van der Waals surface area contributed by atoms with E-state index in [0.29, 0.717) is 11.4 Å². The Balaban J connectivity index is 1.66. The number of imidazole rings is 1. The molecular weight excluding hydrogens is 518 g/mol. The van der Waals surface area contributed by atoms with Crippen LogP contribution in [0.4, 0.5) is 5.69 Å². The smallest absolute Gasteiger partial charge is 0.149 e. The molecule has 224 valence electrons. The first-order valence-corrected chi connectivity index (χ1v) is 16.1. The fourth-order valence-corrected chi connectivity index (χ4v) is 5.85. The van der Waals surface area contributed by atoms with Crippen LogP contribution in [0.2, 0.25) is 0 Å². The van der Waals surface area contributed by atoms with E-state index in [0.717, 1.165) is 48.6 Å². The molecule has 4 aromatic rings. The first-order chi connectivity index (χ1) is 20.6. The van der Waals surface area contributed by atoms with Gasteiger partial charge in [0.05, 0.1) is 17.0 Å². The Morgan fingerprint density at radius 3 is 1.90 bits per heavy atom. The van der Waals surface area contributed by atoms with Crippen LogP contribution in [-0.2, 0) is 6.42 Å². The normalized spacial score (nSPS) is 11.2. The molecule has 2 N–H and O–H groups in total. The highest BCUT2D eigenvalue weighted by molar-refractivity contribution is 5.76. The van der Waals surface area contributed by atoms with E-state index in [9.17, 15) is 10.2 Å². The van der Waals surface area contributed by atoms with Crippen molar-refractivity contribution in [1.29, 1.82) is 0 Å². The van der Waals surface area contributed by atoms with Crippen molar-refractivity contribution in [1.82, 2.24) is 9.55 Å². The molecule has 5 nitrogen and oxygen atoms in total. The molecule has 0 bridgehead atoms. The van der Waals surface area contributed by atoms with E-state index >= 15 is 0 Å². The summed E-state index contributed by atoms with van der Waals surface area (Å²) in [6, 6.07) is 23.8. The topological polar surface area (TPSA) is 61.5 Å². The maximum absolute atomic E-state index is 10.9. The third-order valence-corrected chi connectivity index (χ3v) is 8.22. The minimum absolute atomic E-state index is 0.0195. The highest BCUT2D eigenvalue weighted by Crippen LogP contribution is 2.39. The monoisotopic (exact) mass is 567 g/mol. The van der Waals surface area contributed by atoms with E-state index in [-0.39, 0.29) is 11.5 Å². The number of phenolic OH excluding ortho intramolecular Hbond substituents is 2. The zero-order valence-electron chi connectivity index (χ0n) is 25.9. The summed E-state index contributed by atoms with van der Waals surface area (Å²) in [5, 5.41) is 20.9. The molecule has 42 heavy (non-hydrogen) atoms. The van der Waals surface area contributed by atoms with Gasteiger partial charge in [-0.3, -0.25) is 4.57 Å². The van der Waals surface area contributed by atoms with Crippen LogP contribution in [0.5, 0.6) is 11.5 Å². The zero-order chi connectivity index (χ0) is 29.7. The maximum Gasteiger partial charge on any atom is 0.149 e. The predicted molar refractivity (Wildman–Crippen MR) is 177 cm³/mol. The number of hydrogen-bond donors (Lipinski definition) is 2. The number of rotatable bonds is 17. The van der Waals surface area contributed by atoms with Gasteiger partial charge in [0.1, 0.15) is 17.3 Å². The quantitative estimate of drug-likeness (QED) is 0.125. The molecule has 4 rings (SSSR count). The van der Waals surface area contributed by atoms with Crippen LogP contribution in [0.25, 0.3) is 28.3 Å². The Labute approximate surface area is 252 Å². The summed E-state index contributed by atoms with van der Waals surface area (Å²) in [7, 11) is 0. The second-order valence-corrected chi connectivity index (χ2v) is 11.3. The molecule has 1 heterocycles. The number of unbranched alkanes of at least 4 members (excludes halogenated alkanes) is 9. The highest BCUT2D eigenvalue weighted by atomic mass is 16.3. The fourth-order valence-electron chi connectivity index (χ4n) is 5.85. The van der Waals surface area contributed by atoms with Crippen LogP contribution < -0.4 is 4.90 Å². The molecular formula is C37H49N3O2. The van der Waals surface area contributed by atoms with E-state index in [4.69, 9.17) is 4.98 Å². The molecule has 1 aromatic heterocycles. The molecule has 0 saturated carbocycles. The summed E-state index contributed by atoms with van der Waals surface area (Å²) in [6.45, 7) is 8.57. The Kier molecular flexibility index (Phi) is 11.9. The lowest BCUT2D eigenvalue weighted by atomic mass is 10.0. The van der Waals surface area contributed by atoms with Crippen molar-refractivity contribution in [3.05, 3.63) is 78.5 Å². The number of aryl methyl sites for hydroxylation is 1. The minimum Gasteiger partial charge on any atom is -0.508 e. The van der Waals surface area contributed by atoms with Crippen molar-refractivity contribution < 1.29 is 10.2 Å². The van der Waals surface area contributed by atoms with E-state index in [1.165, 1.54) is 69.5 Å². The molecule has 0 aliphatic carbocycles. The number of aromatic nitrogens is 2. The summed E-state index contributed by atoms with van der Waals surface area (Å²) >= 11 is 0. The molecule has 0 aliphatic rings. The first kappa shape index (κ1) is 31.2. The Bertz CT molecular complexity index is 1360. The number of hydrogen-bond acceptors (Lipinski definition) is 4. The summed E-state index contributed by atoms with van der Waals surface area (Å²) in [5.74, 6) is 0.738. The summed E-state index contributed by atoms with van der Waals surface area (Å²) in [4.78, 5) is 7.55. The van der Waals surface area contributed by atoms with Gasteiger partial charge in [0.15, 0.2) is 0 Å². The molecule has 0 fully saturated rings. The number of para-hydroxylation sites is 1. The third kappa shape index (κ3) is 7.96. The maximum atomic E-state index is 10.9.